The maximum absolute atomic E-state index is 5.63. The molecule has 0 aliphatic carbocycles. The molecule has 1 nitrogen and oxygen atoms in total. The number of hydrogen-bond acceptors (Lipinski definition) is 3. The zero-order valence-corrected chi connectivity index (χ0v) is 9.69. The van der Waals surface area contributed by atoms with E-state index in [-0.39, 0.29) is 10.9 Å². The van der Waals surface area contributed by atoms with E-state index in [4.69, 9.17) is 27.9 Å². The first kappa shape index (κ1) is 12.2. The normalized spacial score (nSPS) is 16.4. The first-order valence-electron chi connectivity index (χ1n) is 3.11. The fourth-order valence-corrected chi connectivity index (χ4v) is 2.19. The van der Waals surface area contributed by atoms with Crippen molar-refractivity contribution in [2.45, 2.75) is 10.9 Å². The van der Waals surface area contributed by atoms with Crippen molar-refractivity contribution in [2.24, 2.45) is 0 Å². The Hall–Kier alpha value is 1.24. The Balaban J connectivity index is 3.58. The van der Waals surface area contributed by atoms with E-state index >= 15 is 0 Å². The van der Waals surface area contributed by atoms with Gasteiger partial charge in [0.15, 0.2) is 0 Å². The maximum Gasteiger partial charge on any atom is 0.118 e. The highest BCUT2D eigenvalue weighted by molar-refractivity contribution is 7.99. The number of ether oxygens (including phenoxy) is 1. The second-order valence-corrected chi connectivity index (χ2v) is 4.39. The zero-order valence-electron chi connectivity index (χ0n) is 6.55. The summed E-state index contributed by atoms with van der Waals surface area (Å²) in [6.45, 7) is 0. The molecule has 5 heteroatoms. The van der Waals surface area contributed by atoms with Crippen LogP contribution in [0, 0.1) is 0 Å². The highest BCUT2D eigenvalue weighted by Gasteiger charge is 2.12. The molecule has 11 heavy (non-hydrogen) atoms. The molecule has 0 aliphatic rings. The molecule has 0 spiro atoms. The number of hydrogen-bond donors (Lipinski definition) is 0. The molecule has 68 valence electrons. The van der Waals surface area contributed by atoms with E-state index in [2.05, 4.69) is 0 Å². The molecule has 0 aromatic heterocycles. The fraction of sp³-hybridized carbons (Fsp3) is 1.00. The SMILES string of the molecule is CSC(CCl)OC(CCl)SC. The quantitative estimate of drug-likeness (QED) is 0.517. The van der Waals surface area contributed by atoms with Crippen molar-refractivity contribution < 1.29 is 4.74 Å². The first-order chi connectivity index (χ1) is 5.28. The predicted octanol–water partition coefficient (Wildman–Crippen LogP) is 2.86. The Labute approximate surface area is 86.5 Å². The van der Waals surface area contributed by atoms with Crippen molar-refractivity contribution in [2.75, 3.05) is 24.3 Å². The summed E-state index contributed by atoms with van der Waals surface area (Å²) in [6, 6.07) is 0. The Bertz CT molecular complexity index is 76.7. The lowest BCUT2D eigenvalue weighted by Crippen LogP contribution is -2.19. The van der Waals surface area contributed by atoms with E-state index in [0.29, 0.717) is 11.8 Å². The van der Waals surface area contributed by atoms with Crippen LogP contribution < -0.4 is 0 Å². The van der Waals surface area contributed by atoms with Crippen LogP contribution in [0.3, 0.4) is 0 Å². The molecule has 0 rings (SSSR count). The number of alkyl halides is 2. The lowest BCUT2D eigenvalue weighted by Gasteiger charge is -2.18. The van der Waals surface area contributed by atoms with Gasteiger partial charge in [-0.15, -0.1) is 46.7 Å². The van der Waals surface area contributed by atoms with Crippen molar-refractivity contribution in [3.63, 3.8) is 0 Å². The smallest absolute Gasteiger partial charge is 0.118 e. The molecule has 0 N–H and O–H groups in total. The molecule has 0 radical (unpaired) electrons. The third-order valence-electron chi connectivity index (χ3n) is 1.08. The monoisotopic (exact) mass is 234 g/mol. The van der Waals surface area contributed by atoms with Crippen LogP contribution in [-0.2, 0) is 4.74 Å². The van der Waals surface area contributed by atoms with Gasteiger partial charge in [-0.3, -0.25) is 0 Å². The van der Waals surface area contributed by atoms with Crippen molar-refractivity contribution in [1.82, 2.24) is 0 Å². The van der Waals surface area contributed by atoms with Gasteiger partial charge in [0.25, 0.3) is 0 Å². The van der Waals surface area contributed by atoms with E-state index in [9.17, 15) is 0 Å². The van der Waals surface area contributed by atoms with Crippen LogP contribution in [0.25, 0.3) is 0 Å². The Morgan fingerprint density at radius 2 is 1.45 bits per heavy atom. The van der Waals surface area contributed by atoms with Gasteiger partial charge in [0.1, 0.15) is 10.9 Å². The molecular weight excluding hydrogens is 223 g/mol. The number of thioether (sulfide) groups is 2. The summed E-state index contributed by atoms with van der Waals surface area (Å²) in [5, 5.41) is 0. The first-order valence-corrected chi connectivity index (χ1v) is 6.76. The Kier molecular flexibility index (Phi) is 8.75. The summed E-state index contributed by atoms with van der Waals surface area (Å²) in [5.41, 5.74) is 0.126. The second kappa shape index (κ2) is 7.87. The van der Waals surface area contributed by atoms with E-state index in [0.717, 1.165) is 0 Å². The van der Waals surface area contributed by atoms with Crippen molar-refractivity contribution in [3.05, 3.63) is 0 Å². The number of halogens is 2. The molecule has 2 unspecified atom stereocenters. The summed E-state index contributed by atoms with van der Waals surface area (Å²) in [4.78, 5) is 0. The highest BCUT2D eigenvalue weighted by atomic mass is 35.5. The predicted molar refractivity (Wildman–Crippen MR) is 57.1 cm³/mol. The van der Waals surface area contributed by atoms with Crippen LogP contribution in [0.5, 0.6) is 0 Å². The minimum absolute atomic E-state index is 0.0628. The third-order valence-corrected chi connectivity index (χ3v) is 3.61. The van der Waals surface area contributed by atoms with Crippen molar-refractivity contribution in [1.29, 1.82) is 0 Å². The Morgan fingerprint density at radius 1 is 1.09 bits per heavy atom. The minimum Gasteiger partial charge on any atom is -0.351 e. The van der Waals surface area contributed by atoms with Gasteiger partial charge in [0, 0.05) is 0 Å². The topological polar surface area (TPSA) is 9.23 Å². The van der Waals surface area contributed by atoms with E-state index in [1.807, 2.05) is 12.5 Å². The molecule has 0 amide bonds. The van der Waals surface area contributed by atoms with Gasteiger partial charge < -0.3 is 4.74 Å². The van der Waals surface area contributed by atoms with Crippen LogP contribution in [0.2, 0.25) is 0 Å². The standard InChI is InChI=1S/C6H12Cl2OS2/c1-10-5(3-7)9-6(4-8)11-2/h5-6H,3-4H2,1-2H3. The average molecular weight is 235 g/mol. The molecule has 0 heterocycles. The Morgan fingerprint density at radius 3 is 1.64 bits per heavy atom. The van der Waals surface area contributed by atoms with Gasteiger partial charge in [0.2, 0.25) is 0 Å². The molecule has 0 bridgehead atoms. The van der Waals surface area contributed by atoms with Gasteiger partial charge in [0.05, 0.1) is 11.8 Å². The molecule has 0 saturated heterocycles. The molecule has 0 saturated carbocycles. The average Bonchev–Trinajstić information content (AvgIpc) is 2.07. The van der Waals surface area contributed by atoms with Gasteiger partial charge in [-0.2, -0.15) is 0 Å². The summed E-state index contributed by atoms with van der Waals surface area (Å²) < 4.78 is 5.51. The van der Waals surface area contributed by atoms with Crippen LogP contribution in [0.1, 0.15) is 0 Å². The molecule has 0 fully saturated rings. The van der Waals surface area contributed by atoms with Crippen LogP contribution in [-0.4, -0.2) is 35.1 Å². The van der Waals surface area contributed by atoms with Crippen LogP contribution in [0.4, 0.5) is 0 Å². The largest absolute Gasteiger partial charge is 0.351 e. The fourth-order valence-electron chi connectivity index (χ4n) is 0.479. The van der Waals surface area contributed by atoms with Gasteiger partial charge in [-0.05, 0) is 12.5 Å². The van der Waals surface area contributed by atoms with Crippen molar-refractivity contribution >= 4 is 46.7 Å². The van der Waals surface area contributed by atoms with E-state index in [1.165, 1.54) is 0 Å². The molecule has 0 aromatic rings. The lowest BCUT2D eigenvalue weighted by atomic mass is 10.8. The molecule has 0 aliphatic heterocycles. The summed E-state index contributed by atoms with van der Waals surface area (Å²) in [5.74, 6) is 1.02. The van der Waals surface area contributed by atoms with Gasteiger partial charge in [-0.1, -0.05) is 0 Å². The van der Waals surface area contributed by atoms with E-state index < -0.39 is 0 Å². The van der Waals surface area contributed by atoms with Crippen LogP contribution in [0.15, 0.2) is 0 Å². The number of rotatable bonds is 6. The molecule has 2 atom stereocenters. The van der Waals surface area contributed by atoms with E-state index in [1.54, 1.807) is 23.5 Å². The summed E-state index contributed by atoms with van der Waals surface area (Å²) >= 11 is 14.5. The zero-order chi connectivity index (χ0) is 8.69. The summed E-state index contributed by atoms with van der Waals surface area (Å²) in [6.07, 6.45) is 3.94. The van der Waals surface area contributed by atoms with Gasteiger partial charge >= 0.3 is 0 Å². The van der Waals surface area contributed by atoms with Crippen molar-refractivity contribution in [3.8, 4) is 0 Å². The lowest BCUT2D eigenvalue weighted by molar-refractivity contribution is 0.118. The minimum atomic E-state index is 0.0628. The second-order valence-electron chi connectivity index (χ2n) is 1.78. The molecule has 0 aromatic carbocycles. The maximum atomic E-state index is 5.63. The molecular formula is C6H12Cl2OS2. The van der Waals surface area contributed by atoms with Crippen LogP contribution >= 0.6 is 46.7 Å². The summed E-state index contributed by atoms with van der Waals surface area (Å²) in [7, 11) is 0. The third kappa shape index (κ3) is 5.47. The highest BCUT2D eigenvalue weighted by Crippen LogP contribution is 2.18. The van der Waals surface area contributed by atoms with Gasteiger partial charge in [-0.25, -0.2) is 0 Å².